The van der Waals surface area contributed by atoms with Crippen LogP contribution in [0.25, 0.3) is 10.1 Å². The lowest BCUT2D eigenvalue weighted by Gasteiger charge is -2.24. The van der Waals surface area contributed by atoms with Crippen LogP contribution in [-0.4, -0.2) is 5.75 Å². The predicted octanol–water partition coefficient (Wildman–Crippen LogP) is 4.30. The molecule has 2 heterocycles. The lowest BCUT2D eigenvalue weighted by atomic mass is 9.88. The van der Waals surface area contributed by atoms with E-state index in [9.17, 15) is 0 Å². The van der Waals surface area contributed by atoms with Gasteiger partial charge in [0.25, 0.3) is 0 Å². The van der Waals surface area contributed by atoms with Crippen molar-refractivity contribution in [2.75, 3.05) is 5.75 Å². The normalized spacial score (nSPS) is 18.8. The Morgan fingerprint density at radius 1 is 1.10 bits per heavy atom. The molecular weight excluding hydrogens is 296 g/mol. The Morgan fingerprint density at radius 2 is 2.00 bits per heavy atom. The largest absolute Gasteiger partial charge is 0.271 e. The minimum Gasteiger partial charge on any atom is -0.271 e. The molecule has 0 fully saturated rings. The second-order valence-electron chi connectivity index (χ2n) is 5.29. The van der Waals surface area contributed by atoms with Crippen molar-refractivity contribution in [1.29, 1.82) is 0 Å². The van der Waals surface area contributed by atoms with Gasteiger partial charge < -0.3 is 0 Å². The van der Waals surface area contributed by atoms with Crippen molar-refractivity contribution in [2.24, 2.45) is 5.84 Å². The number of fused-ring (bicyclic) bond motifs is 2. The monoisotopic (exact) mass is 312 g/mol. The van der Waals surface area contributed by atoms with Crippen LogP contribution in [0.5, 0.6) is 0 Å². The van der Waals surface area contributed by atoms with Crippen LogP contribution in [-0.2, 0) is 0 Å². The summed E-state index contributed by atoms with van der Waals surface area (Å²) in [4.78, 5) is 1.39. The molecule has 0 spiro atoms. The van der Waals surface area contributed by atoms with Crippen molar-refractivity contribution in [3.05, 3.63) is 65.0 Å². The highest BCUT2D eigenvalue weighted by atomic mass is 32.2. The summed E-state index contributed by atoms with van der Waals surface area (Å²) in [7, 11) is 0. The van der Waals surface area contributed by atoms with Gasteiger partial charge in [0.15, 0.2) is 0 Å². The van der Waals surface area contributed by atoms with Gasteiger partial charge in [-0.25, -0.2) is 0 Å². The Morgan fingerprint density at radius 3 is 2.90 bits per heavy atom. The molecule has 3 aromatic rings. The first-order valence-electron chi connectivity index (χ1n) is 7.02. The van der Waals surface area contributed by atoms with Crippen LogP contribution < -0.4 is 11.3 Å². The van der Waals surface area contributed by atoms with Gasteiger partial charge in [-0.1, -0.05) is 36.4 Å². The number of nitrogens with two attached hydrogens (primary N) is 1. The zero-order chi connectivity index (χ0) is 14.2. The zero-order valence-electron chi connectivity index (χ0n) is 11.5. The third kappa shape index (κ3) is 2.19. The molecule has 0 saturated carbocycles. The highest BCUT2D eigenvalue weighted by Gasteiger charge is 2.31. The third-order valence-electron chi connectivity index (χ3n) is 4.16. The molecule has 0 bridgehead atoms. The number of thioether (sulfide) groups is 1. The second kappa shape index (κ2) is 5.46. The summed E-state index contributed by atoms with van der Waals surface area (Å²) in [5.41, 5.74) is 5.80. The first-order valence-corrected chi connectivity index (χ1v) is 8.89. The maximum atomic E-state index is 5.95. The van der Waals surface area contributed by atoms with Crippen molar-refractivity contribution >= 4 is 33.2 Å². The third-order valence-corrected chi connectivity index (χ3v) is 6.35. The number of hydrazine groups is 1. The first-order chi connectivity index (χ1) is 10.4. The average Bonchev–Trinajstić information content (AvgIpc) is 3.15. The van der Waals surface area contributed by atoms with Crippen molar-refractivity contribution in [3.8, 4) is 0 Å². The first kappa shape index (κ1) is 13.3. The van der Waals surface area contributed by atoms with E-state index in [1.807, 2.05) is 11.8 Å². The van der Waals surface area contributed by atoms with Gasteiger partial charge in [0.1, 0.15) is 0 Å². The van der Waals surface area contributed by atoms with Gasteiger partial charge in [0.2, 0.25) is 0 Å². The fourth-order valence-electron chi connectivity index (χ4n) is 3.15. The minimum absolute atomic E-state index is 0.156. The second-order valence-corrected chi connectivity index (χ2v) is 7.26. The van der Waals surface area contributed by atoms with Gasteiger partial charge in [-0.05, 0) is 34.0 Å². The molecular formula is C17H16N2S2. The van der Waals surface area contributed by atoms with Gasteiger partial charge in [-0.3, -0.25) is 11.3 Å². The van der Waals surface area contributed by atoms with Crippen LogP contribution in [0.4, 0.5) is 0 Å². The zero-order valence-corrected chi connectivity index (χ0v) is 13.1. The van der Waals surface area contributed by atoms with Crippen molar-refractivity contribution < 1.29 is 0 Å². The number of hydrogen-bond acceptors (Lipinski definition) is 4. The maximum Gasteiger partial charge on any atom is 0.0551 e. The molecule has 106 valence electrons. The lowest BCUT2D eigenvalue weighted by Crippen LogP contribution is -2.32. The predicted molar refractivity (Wildman–Crippen MR) is 91.8 cm³/mol. The Balaban J connectivity index is 1.81. The van der Waals surface area contributed by atoms with E-state index in [0.717, 1.165) is 5.75 Å². The van der Waals surface area contributed by atoms with E-state index in [1.54, 1.807) is 11.3 Å². The molecule has 2 atom stereocenters. The molecule has 0 amide bonds. The van der Waals surface area contributed by atoms with Crippen LogP contribution in [0.3, 0.4) is 0 Å². The smallest absolute Gasteiger partial charge is 0.0551 e. The molecule has 0 aliphatic carbocycles. The summed E-state index contributed by atoms with van der Waals surface area (Å²) in [6.45, 7) is 0. The molecule has 3 N–H and O–H groups in total. The van der Waals surface area contributed by atoms with Gasteiger partial charge >= 0.3 is 0 Å². The Bertz CT molecular complexity index is 781. The van der Waals surface area contributed by atoms with Crippen LogP contribution in [0.1, 0.15) is 23.1 Å². The van der Waals surface area contributed by atoms with E-state index in [2.05, 4.69) is 59.3 Å². The SMILES string of the molecule is NNC(c1cccc2ccsc12)C1CSc2ccccc21. The summed E-state index contributed by atoms with van der Waals surface area (Å²) >= 11 is 3.73. The van der Waals surface area contributed by atoms with Crippen molar-refractivity contribution in [1.82, 2.24) is 5.43 Å². The summed E-state index contributed by atoms with van der Waals surface area (Å²) in [5.74, 6) is 7.45. The fraction of sp³-hybridized carbons (Fsp3) is 0.176. The van der Waals surface area contributed by atoms with Gasteiger partial charge in [0, 0.05) is 21.3 Å². The van der Waals surface area contributed by atoms with E-state index in [-0.39, 0.29) is 6.04 Å². The van der Waals surface area contributed by atoms with Gasteiger partial charge in [-0.15, -0.1) is 23.1 Å². The fourth-order valence-corrected chi connectivity index (χ4v) is 5.39. The number of nitrogens with one attached hydrogen (secondary N) is 1. The molecule has 1 aliphatic heterocycles. The number of thiophene rings is 1. The quantitative estimate of drug-likeness (QED) is 0.559. The standard InChI is InChI=1S/C17H16N2S2/c18-19-16(13-6-3-4-11-8-9-20-17(11)13)14-10-21-15-7-2-1-5-12(14)15/h1-9,14,16,19H,10,18H2. The molecule has 1 aliphatic rings. The van der Waals surface area contributed by atoms with E-state index in [1.165, 1.54) is 26.1 Å². The lowest BCUT2D eigenvalue weighted by molar-refractivity contribution is 0.489. The summed E-state index contributed by atoms with van der Waals surface area (Å²) in [6, 6.07) is 17.5. The van der Waals surface area contributed by atoms with E-state index >= 15 is 0 Å². The Kier molecular flexibility index (Phi) is 3.47. The van der Waals surface area contributed by atoms with Crippen LogP contribution in [0, 0.1) is 0 Å². The molecule has 0 saturated heterocycles. The van der Waals surface area contributed by atoms with Crippen molar-refractivity contribution in [3.63, 3.8) is 0 Å². The Hall–Kier alpha value is -1.33. The molecule has 2 unspecified atom stereocenters. The van der Waals surface area contributed by atoms with Crippen LogP contribution in [0.15, 0.2) is 58.8 Å². The maximum absolute atomic E-state index is 5.95. The molecule has 4 rings (SSSR count). The molecule has 21 heavy (non-hydrogen) atoms. The number of benzene rings is 2. The summed E-state index contributed by atoms with van der Waals surface area (Å²) in [5, 5.41) is 3.45. The topological polar surface area (TPSA) is 38.0 Å². The highest BCUT2D eigenvalue weighted by Crippen LogP contribution is 2.46. The van der Waals surface area contributed by atoms with E-state index < -0.39 is 0 Å². The molecule has 0 radical (unpaired) electrons. The van der Waals surface area contributed by atoms with Crippen LogP contribution >= 0.6 is 23.1 Å². The Labute approximate surface area is 132 Å². The average molecular weight is 312 g/mol. The minimum atomic E-state index is 0.156. The van der Waals surface area contributed by atoms with Crippen LogP contribution in [0.2, 0.25) is 0 Å². The highest BCUT2D eigenvalue weighted by molar-refractivity contribution is 7.99. The van der Waals surface area contributed by atoms with E-state index in [0.29, 0.717) is 5.92 Å². The molecule has 4 heteroatoms. The van der Waals surface area contributed by atoms with Gasteiger partial charge in [0.05, 0.1) is 6.04 Å². The molecule has 2 nitrogen and oxygen atoms in total. The number of hydrogen-bond donors (Lipinski definition) is 2. The number of rotatable bonds is 3. The van der Waals surface area contributed by atoms with E-state index in [4.69, 9.17) is 5.84 Å². The molecule has 1 aromatic heterocycles. The summed E-state index contributed by atoms with van der Waals surface area (Å²) in [6.07, 6.45) is 0. The van der Waals surface area contributed by atoms with Gasteiger partial charge in [-0.2, -0.15) is 0 Å². The van der Waals surface area contributed by atoms with Crippen molar-refractivity contribution in [2.45, 2.75) is 16.9 Å². The molecule has 2 aromatic carbocycles. The summed E-state index contributed by atoms with van der Waals surface area (Å²) < 4.78 is 1.34.